The summed E-state index contributed by atoms with van der Waals surface area (Å²) in [4.78, 5) is 19.7. The number of rotatable bonds is 5. The predicted molar refractivity (Wildman–Crippen MR) is 90.0 cm³/mol. The number of hydrogen-bond acceptors (Lipinski definition) is 4. The fraction of sp³-hybridized carbons (Fsp3) is 0.500. The number of carbonyl (C=O) groups excluding carboxylic acids is 1. The highest BCUT2D eigenvalue weighted by Crippen LogP contribution is 2.19. The Kier molecular flexibility index (Phi) is 6.45. The Morgan fingerprint density at radius 2 is 2.36 bits per heavy atom. The first-order valence-electron chi connectivity index (χ1n) is 7.49. The van der Waals surface area contributed by atoms with E-state index in [1.807, 2.05) is 12.1 Å². The number of carbonyl (C=O) groups is 1. The van der Waals surface area contributed by atoms with Gasteiger partial charge in [-0.2, -0.15) is 0 Å². The molecule has 0 aliphatic carbocycles. The standard InChI is InChI=1S/C16H23N3O2S/c1-3-8-17-16(18-12-14-5-4-11-22-14)19-9-6-13(7-10-19)15(20)21-2/h3-5,11,13H,1,6-10,12H2,2H3,(H,17,18). The molecule has 0 radical (unpaired) electrons. The lowest BCUT2D eigenvalue weighted by Crippen LogP contribution is -2.46. The van der Waals surface area contributed by atoms with Crippen LogP contribution in [0, 0.1) is 5.92 Å². The highest BCUT2D eigenvalue weighted by atomic mass is 32.1. The third kappa shape index (κ3) is 4.59. The minimum Gasteiger partial charge on any atom is -0.469 e. The van der Waals surface area contributed by atoms with E-state index in [1.165, 1.54) is 12.0 Å². The summed E-state index contributed by atoms with van der Waals surface area (Å²) in [6, 6.07) is 4.12. The van der Waals surface area contributed by atoms with E-state index in [9.17, 15) is 4.79 Å². The molecule has 0 amide bonds. The van der Waals surface area contributed by atoms with Crippen LogP contribution in [0.1, 0.15) is 17.7 Å². The van der Waals surface area contributed by atoms with E-state index in [2.05, 4.69) is 28.2 Å². The number of nitrogens with one attached hydrogen (secondary N) is 1. The number of nitrogens with zero attached hydrogens (tertiary/aromatic N) is 2. The van der Waals surface area contributed by atoms with Gasteiger partial charge in [0.2, 0.25) is 0 Å². The van der Waals surface area contributed by atoms with Crippen molar-refractivity contribution < 1.29 is 9.53 Å². The molecule has 0 unspecified atom stereocenters. The lowest BCUT2D eigenvalue weighted by Gasteiger charge is -2.33. The number of hydrogen-bond donors (Lipinski definition) is 1. The lowest BCUT2D eigenvalue weighted by atomic mass is 9.97. The van der Waals surface area contributed by atoms with Crippen LogP contribution in [0.25, 0.3) is 0 Å². The van der Waals surface area contributed by atoms with E-state index in [0.29, 0.717) is 13.1 Å². The molecule has 1 fully saturated rings. The molecule has 2 rings (SSSR count). The van der Waals surface area contributed by atoms with E-state index in [-0.39, 0.29) is 11.9 Å². The van der Waals surface area contributed by atoms with Gasteiger partial charge in [-0.15, -0.1) is 17.9 Å². The fourth-order valence-electron chi connectivity index (χ4n) is 2.48. The Balaban J connectivity index is 1.95. The molecule has 5 nitrogen and oxygen atoms in total. The average molecular weight is 321 g/mol. The van der Waals surface area contributed by atoms with Crippen LogP contribution < -0.4 is 5.32 Å². The molecule has 0 bridgehead atoms. The van der Waals surface area contributed by atoms with Crippen molar-refractivity contribution >= 4 is 23.3 Å². The molecular weight excluding hydrogens is 298 g/mol. The number of aliphatic imine (C=N–C) groups is 1. The van der Waals surface area contributed by atoms with Gasteiger partial charge < -0.3 is 15.0 Å². The zero-order valence-corrected chi connectivity index (χ0v) is 13.8. The largest absolute Gasteiger partial charge is 0.469 e. The van der Waals surface area contributed by atoms with Crippen LogP contribution in [-0.4, -0.2) is 43.6 Å². The first-order valence-corrected chi connectivity index (χ1v) is 8.37. The van der Waals surface area contributed by atoms with Crippen molar-refractivity contribution in [3.05, 3.63) is 35.0 Å². The normalized spacial score (nSPS) is 16.4. The van der Waals surface area contributed by atoms with Gasteiger partial charge >= 0.3 is 5.97 Å². The van der Waals surface area contributed by atoms with E-state index in [4.69, 9.17) is 9.73 Å². The molecule has 6 heteroatoms. The molecule has 1 aliphatic heterocycles. The molecule has 0 spiro atoms. The SMILES string of the molecule is C=CCNC(=NCc1cccs1)N1CCC(C(=O)OC)CC1. The third-order valence-corrected chi connectivity index (χ3v) is 4.56. The highest BCUT2D eigenvalue weighted by molar-refractivity contribution is 7.09. The van der Waals surface area contributed by atoms with E-state index in [1.54, 1.807) is 11.3 Å². The molecule has 0 saturated carbocycles. The number of esters is 1. The fourth-order valence-corrected chi connectivity index (χ4v) is 3.11. The third-order valence-electron chi connectivity index (χ3n) is 3.70. The maximum atomic E-state index is 11.6. The second-order valence-corrected chi connectivity index (χ2v) is 6.21. The van der Waals surface area contributed by atoms with Gasteiger partial charge in [0.15, 0.2) is 5.96 Å². The summed E-state index contributed by atoms with van der Waals surface area (Å²) >= 11 is 1.71. The van der Waals surface area contributed by atoms with Crippen LogP contribution in [-0.2, 0) is 16.1 Å². The molecule has 1 N–H and O–H groups in total. The molecule has 0 atom stereocenters. The quantitative estimate of drug-likeness (QED) is 0.391. The van der Waals surface area contributed by atoms with Crippen LogP contribution in [0.4, 0.5) is 0 Å². The number of guanidine groups is 1. The summed E-state index contributed by atoms with van der Waals surface area (Å²) in [5, 5.41) is 5.37. The minimum absolute atomic E-state index is 0.0131. The Hall–Kier alpha value is -1.82. The molecule has 1 aliphatic rings. The van der Waals surface area contributed by atoms with Gasteiger partial charge in [-0.1, -0.05) is 12.1 Å². The number of thiophene rings is 1. The van der Waals surface area contributed by atoms with E-state index >= 15 is 0 Å². The lowest BCUT2D eigenvalue weighted by molar-refractivity contribution is -0.146. The Bertz CT molecular complexity index is 505. The first-order chi connectivity index (χ1) is 10.7. The number of methoxy groups -OCH3 is 1. The Morgan fingerprint density at radius 1 is 1.59 bits per heavy atom. The number of likely N-dealkylation sites (tertiary alicyclic amines) is 1. The zero-order valence-electron chi connectivity index (χ0n) is 13.0. The average Bonchev–Trinajstić information content (AvgIpc) is 3.08. The summed E-state index contributed by atoms with van der Waals surface area (Å²) in [6.07, 6.45) is 3.43. The van der Waals surface area contributed by atoms with Crippen molar-refractivity contribution in [3.63, 3.8) is 0 Å². The summed E-state index contributed by atoms with van der Waals surface area (Å²) in [5.74, 6) is 0.798. The molecule has 120 valence electrons. The molecule has 1 saturated heterocycles. The predicted octanol–water partition coefficient (Wildman–Crippen LogP) is 2.26. The van der Waals surface area contributed by atoms with Crippen molar-refractivity contribution in [1.29, 1.82) is 0 Å². The van der Waals surface area contributed by atoms with Gasteiger partial charge in [-0.25, -0.2) is 4.99 Å². The van der Waals surface area contributed by atoms with Crippen molar-refractivity contribution in [2.45, 2.75) is 19.4 Å². The monoisotopic (exact) mass is 321 g/mol. The van der Waals surface area contributed by atoms with Crippen molar-refractivity contribution in [2.24, 2.45) is 10.9 Å². The minimum atomic E-state index is -0.101. The number of piperidine rings is 1. The highest BCUT2D eigenvalue weighted by Gasteiger charge is 2.26. The zero-order chi connectivity index (χ0) is 15.8. The summed E-state index contributed by atoms with van der Waals surface area (Å²) in [6.45, 7) is 6.72. The van der Waals surface area contributed by atoms with Gasteiger partial charge in [0.1, 0.15) is 0 Å². The molecule has 1 aromatic heterocycles. The molecule has 2 heterocycles. The van der Waals surface area contributed by atoms with Gasteiger partial charge in [0.25, 0.3) is 0 Å². The van der Waals surface area contributed by atoms with Gasteiger partial charge in [-0.05, 0) is 24.3 Å². The maximum absolute atomic E-state index is 11.6. The second kappa shape index (κ2) is 8.58. The van der Waals surface area contributed by atoms with Gasteiger partial charge in [0.05, 0.1) is 19.6 Å². The summed E-state index contributed by atoms with van der Waals surface area (Å²) in [5.41, 5.74) is 0. The van der Waals surface area contributed by atoms with E-state index in [0.717, 1.165) is 31.9 Å². The first kappa shape index (κ1) is 16.5. The maximum Gasteiger partial charge on any atom is 0.308 e. The summed E-state index contributed by atoms with van der Waals surface area (Å²) in [7, 11) is 1.45. The smallest absolute Gasteiger partial charge is 0.308 e. The Morgan fingerprint density at radius 3 is 2.95 bits per heavy atom. The van der Waals surface area contributed by atoms with E-state index < -0.39 is 0 Å². The number of ether oxygens (including phenoxy) is 1. The van der Waals surface area contributed by atoms with Crippen molar-refractivity contribution in [1.82, 2.24) is 10.2 Å². The molecular formula is C16H23N3O2S. The van der Waals surface area contributed by atoms with Crippen LogP contribution in [0.15, 0.2) is 35.2 Å². The second-order valence-electron chi connectivity index (χ2n) is 5.17. The molecule has 1 aromatic rings. The van der Waals surface area contributed by atoms with Crippen molar-refractivity contribution in [2.75, 3.05) is 26.7 Å². The molecule has 22 heavy (non-hydrogen) atoms. The van der Waals surface area contributed by atoms with Crippen LogP contribution in [0.5, 0.6) is 0 Å². The van der Waals surface area contributed by atoms with Crippen LogP contribution in [0.2, 0.25) is 0 Å². The van der Waals surface area contributed by atoms with Gasteiger partial charge in [-0.3, -0.25) is 4.79 Å². The van der Waals surface area contributed by atoms with Crippen molar-refractivity contribution in [3.8, 4) is 0 Å². The Labute approximate surface area is 135 Å². The molecule has 0 aromatic carbocycles. The van der Waals surface area contributed by atoms with Crippen LogP contribution >= 0.6 is 11.3 Å². The summed E-state index contributed by atoms with van der Waals surface area (Å²) < 4.78 is 4.83. The van der Waals surface area contributed by atoms with Gasteiger partial charge in [0, 0.05) is 24.5 Å². The topological polar surface area (TPSA) is 53.9 Å². The van der Waals surface area contributed by atoms with Crippen LogP contribution in [0.3, 0.4) is 0 Å².